The minimum Gasteiger partial charge on any atom is -0.390 e. The monoisotopic (exact) mass is 279 g/mol. The third-order valence-electron chi connectivity index (χ3n) is 3.04. The number of nitrogen functional groups attached to an aromatic ring is 1. The second kappa shape index (κ2) is 5.89. The van der Waals surface area contributed by atoms with Gasteiger partial charge >= 0.3 is 0 Å². The van der Waals surface area contributed by atoms with Crippen LogP contribution in [0, 0.1) is 0 Å². The van der Waals surface area contributed by atoms with E-state index in [9.17, 15) is 15.0 Å². The van der Waals surface area contributed by atoms with Crippen LogP contribution in [0.15, 0.2) is 22.7 Å². The van der Waals surface area contributed by atoms with Crippen LogP contribution in [0.3, 0.4) is 0 Å². The van der Waals surface area contributed by atoms with Gasteiger partial charge in [0.05, 0.1) is 11.5 Å². The van der Waals surface area contributed by atoms with Gasteiger partial charge < -0.3 is 25.8 Å². The van der Waals surface area contributed by atoms with Gasteiger partial charge in [0.15, 0.2) is 11.4 Å². The summed E-state index contributed by atoms with van der Waals surface area (Å²) in [5.74, 6) is 0.0622. The summed E-state index contributed by atoms with van der Waals surface area (Å²) in [5.41, 5.74) is 6.67. The second-order valence-corrected chi connectivity index (χ2v) is 4.61. The van der Waals surface area contributed by atoms with Crippen LogP contribution < -0.4 is 11.1 Å². The molecule has 2 atom stereocenters. The van der Waals surface area contributed by atoms with Crippen molar-refractivity contribution in [3.63, 3.8) is 0 Å². The Morgan fingerprint density at radius 3 is 2.95 bits per heavy atom. The summed E-state index contributed by atoms with van der Waals surface area (Å²) < 4.78 is 4.97. The summed E-state index contributed by atoms with van der Waals surface area (Å²) in [6.07, 6.45) is -1.81. The lowest BCUT2D eigenvalue weighted by Gasteiger charge is -2.18. The molecule has 1 aromatic heterocycles. The Bertz CT molecular complexity index is 611. The molecule has 0 aliphatic carbocycles. The van der Waals surface area contributed by atoms with E-state index in [0.717, 1.165) is 0 Å². The van der Waals surface area contributed by atoms with E-state index in [1.54, 1.807) is 18.2 Å². The summed E-state index contributed by atoms with van der Waals surface area (Å²) >= 11 is 0. The molecule has 1 heterocycles. The van der Waals surface area contributed by atoms with Gasteiger partial charge in [0.25, 0.3) is 0 Å². The van der Waals surface area contributed by atoms with E-state index in [2.05, 4.69) is 10.5 Å². The Hall–Kier alpha value is -2.12. The molecule has 1 aromatic carbocycles. The van der Waals surface area contributed by atoms with Crippen LogP contribution in [0.2, 0.25) is 0 Å². The average molecular weight is 279 g/mol. The molecule has 0 bridgehead atoms. The minimum absolute atomic E-state index is 0.176. The molecule has 0 spiro atoms. The zero-order valence-electron chi connectivity index (χ0n) is 11.0. The summed E-state index contributed by atoms with van der Waals surface area (Å²) in [6, 6.07) is 4.91. The van der Waals surface area contributed by atoms with Gasteiger partial charge in [-0.2, -0.15) is 0 Å². The molecular weight excluding hydrogens is 262 g/mol. The van der Waals surface area contributed by atoms with Crippen molar-refractivity contribution in [2.45, 2.75) is 25.6 Å². The molecule has 1 amide bonds. The molecule has 5 N–H and O–H groups in total. The number of aliphatic hydroxyl groups excluding tert-OH is 2. The van der Waals surface area contributed by atoms with Gasteiger partial charge in [0.2, 0.25) is 5.91 Å². The number of amides is 1. The Balaban J connectivity index is 2.07. The Morgan fingerprint density at radius 2 is 2.25 bits per heavy atom. The molecular formula is C13H17N3O4. The molecule has 0 fully saturated rings. The number of carbonyl (C=O) groups excluding carboxylic acids is 1. The zero-order chi connectivity index (χ0) is 14.7. The number of benzene rings is 1. The normalized spacial score (nSPS) is 14.2. The Morgan fingerprint density at radius 1 is 1.50 bits per heavy atom. The lowest BCUT2D eigenvalue weighted by atomic mass is 10.0. The van der Waals surface area contributed by atoms with Crippen molar-refractivity contribution >= 4 is 22.7 Å². The van der Waals surface area contributed by atoms with Gasteiger partial charge in [-0.1, -0.05) is 11.2 Å². The molecule has 7 nitrogen and oxygen atoms in total. The largest absolute Gasteiger partial charge is 0.390 e. The van der Waals surface area contributed by atoms with Crippen LogP contribution >= 0.6 is 0 Å². The summed E-state index contributed by atoms with van der Waals surface area (Å²) in [7, 11) is 0. The van der Waals surface area contributed by atoms with Crippen molar-refractivity contribution in [2.24, 2.45) is 0 Å². The SMILES string of the molecule is CC(=O)NCCC(O)C(O)c1ccc2onc(N)c2c1. The number of nitrogens with two attached hydrogens (primary N) is 1. The smallest absolute Gasteiger partial charge is 0.216 e. The molecule has 2 rings (SSSR count). The first-order chi connectivity index (χ1) is 9.49. The van der Waals surface area contributed by atoms with E-state index in [4.69, 9.17) is 10.3 Å². The van der Waals surface area contributed by atoms with Crippen molar-refractivity contribution in [3.05, 3.63) is 23.8 Å². The fraction of sp³-hybridized carbons (Fsp3) is 0.385. The Labute approximate surface area is 115 Å². The standard InChI is InChI=1S/C13H17N3O4/c1-7(17)15-5-4-10(18)12(19)8-2-3-11-9(6-8)13(14)16-20-11/h2-3,6,10,12,18-19H,4-5H2,1H3,(H2,14,16)(H,15,17). The first-order valence-corrected chi connectivity index (χ1v) is 6.24. The Kier molecular flexibility index (Phi) is 4.21. The van der Waals surface area contributed by atoms with E-state index in [0.29, 0.717) is 23.1 Å². The molecule has 108 valence electrons. The minimum atomic E-state index is -1.07. The number of aliphatic hydroxyl groups is 2. The molecule has 0 saturated heterocycles. The van der Waals surface area contributed by atoms with Gasteiger partial charge in [-0.3, -0.25) is 4.79 Å². The van der Waals surface area contributed by atoms with Crippen molar-refractivity contribution in [3.8, 4) is 0 Å². The van der Waals surface area contributed by atoms with Gasteiger partial charge in [0.1, 0.15) is 6.10 Å². The highest BCUT2D eigenvalue weighted by atomic mass is 16.5. The summed E-state index contributed by atoms with van der Waals surface area (Å²) in [4.78, 5) is 10.7. The second-order valence-electron chi connectivity index (χ2n) is 4.61. The number of rotatable bonds is 5. The van der Waals surface area contributed by atoms with Crippen LogP contribution in [0.1, 0.15) is 25.0 Å². The highest BCUT2D eigenvalue weighted by molar-refractivity contribution is 5.87. The first kappa shape index (κ1) is 14.3. The number of nitrogens with one attached hydrogen (secondary N) is 1. The summed E-state index contributed by atoms with van der Waals surface area (Å²) in [5, 5.41) is 26.8. The fourth-order valence-electron chi connectivity index (χ4n) is 1.93. The predicted molar refractivity (Wildman–Crippen MR) is 72.7 cm³/mol. The third-order valence-corrected chi connectivity index (χ3v) is 3.04. The molecule has 2 unspecified atom stereocenters. The molecule has 0 aliphatic heterocycles. The lowest BCUT2D eigenvalue weighted by Crippen LogP contribution is -2.27. The number of fused-ring (bicyclic) bond motifs is 1. The van der Waals surface area contributed by atoms with E-state index in [-0.39, 0.29) is 18.1 Å². The summed E-state index contributed by atoms with van der Waals surface area (Å²) in [6.45, 7) is 1.69. The highest BCUT2D eigenvalue weighted by Crippen LogP contribution is 2.26. The number of anilines is 1. The number of hydrogen-bond donors (Lipinski definition) is 4. The maximum absolute atomic E-state index is 10.7. The number of hydrogen-bond acceptors (Lipinski definition) is 6. The quantitative estimate of drug-likeness (QED) is 0.625. The predicted octanol–water partition coefficient (Wildman–Crippen LogP) is 0.330. The van der Waals surface area contributed by atoms with Gasteiger partial charge in [-0.05, 0) is 24.1 Å². The first-order valence-electron chi connectivity index (χ1n) is 6.24. The van der Waals surface area contributed by atoms with E-state index >= 15 is 0 Å². The lowest BCUT2D eigenvalue weighted by molar-refractivity contribution is -0.119. The van der Waals surface area contributed by atoms with Crippen LogP contribution in [0.5, 0.6) is 0 Å². The fourth-order valence-corrected chi connectivity index (χ4v) is 1.93. The van der Waals surface area contributed by atoms with Crippen molar-refractivity contribution in [1.82, 2.24) is 10.5 Å². The third kappa shape index (κ3) is 3.06. The van der Waals surface area contributed by atoms with Crippen LogP contribution in [-0.2, 0) is 4.79 Å². The average Bonchev–Trinajstić information content (AvgIpc) is 2.78. The van der Waals surface area contributed by atoms with Crippen LogP contribution in [0.4, 0.5) is 5.82 Å². The van der Waals surface area contributed by atoms with Gasteiger partial charge in [-0.25, -0.2) is 0 Å². The maximum Gasteiger partial charge on any atom is 0.216 e. The molecule has 0 radical (unpaired) electrons. The van der Waals surface area contributed by atoms with Crippen molar-refractivity contribution in [1.29, 1.82) is 0 Å². The number of nitrogens with zero attached hydrogens (tertiary/aromatic N) is 1. The van der Waals surface area contributed by atoms with Gasteiger partial charge in [-0.15, -0.1) is 0 Å². The molecule has 7 heteroatoms. The molecule has 2 aromatic rings. The van der Waals surface area contributed by atoms with Gasteiger partial charge in [0, 0.05) is 13.5 Å². The van der Waals surface area contributed by atoms with Crippen LogP contribution in [0.25, 0.3) is 11.0 Å². The topological polar surface area (TPSA) is 122 Å². The zero-order valence-corrected chi connectivity index (χ0v) is 11.0. The number of carbonyl (C=O) groups is 1. The van der Waals surface area contributed by atoms with Crippen molar-refractivity contribution in [2.75, 3.05) is 12.3 Å². The molecule has 0 aliphatic rings. The maximum atomic E-state index is 10.7. The number of aromatic nitrogens is 1. The van der Waals surface area contributed by atoms with Crippen molar-refractivity contribution < 1.29 is 19.5 Å². The van der Waals surface area contributed by atoms with E-state index in [1.165, 1.54) is 6.92 Å². The van der Waals surface area contributed by atoms with E-state index in [1.807, 2.05) is 0 Å². The van der Waals surface area contributed by atoms with Crippen LogP contribution in [-0.4, -0.2) is 33.9 Å². The highest BCUT2D eigenvalue weighted by Gasteiger charge is 2.19. The van der Waals surface area contributed by atoms with E-state index < -0.39 is 12.2 Å². The molecule has 20 heavy (non-hydrogen) atoms. The molecule has 0 saturated carbocycles.